The van der Waals surface area contributed by atoms with Crippen molar-refractivity contribution < 1.29 is 24.2 Å². The Labute approximate surface area is 132 Å². The molecular formula is C13H11BrF5NOS. The second kappa shape index (κ2) is 4.76. The lowest BCUT2D eigenvalue weighted by molar-refractivity contribution is 0.361. The zero-order valence-electron chi connectivity index (χ0n) is 11.1. The molecule has 0 fully saturated rings. The number of halogens is 6. The van der Waals surface area contributed by atoms with E-state index in [0.717, 1.165) is 11.6 Å². The van der Waals surface area contributed by atoms with E-state index in [0.29, 0.717) is 11.8 Å². The number of hydrogen-bond donors (Lipinski definition) is 1. The van der Waals surface area contributed by atoms with Crippen LogP contribution in [-0.2, 0) is 0 Å². The molecule has 0 aliphatic heterocycles. The van der Waals surface area contributed by atoms with Gasteiger partial charge >= 0.3 is 10.2 Å². The van der Waals surface area contributed by atoms with E-state index in [2.05, 4.69) is 26.0 Å². The van der Waals surface area contributed by atoms with Gasteiger partial charge in [0.1, 0.15) is 10.6 Å². The molecule has 22 heavy (non-hydrogen) atoms. The van der Waals surface area contributed by atoms with Gasteiger partial charge in [-0.3, -0.25) is 0 Å². The number of anilines is 2. The van der Waals surface area contributed by atoms with Crippen LogP contribution in [0.2, 0.25) is 0 Å². The van der Waals surface area contributed by atoms with E-state index in [4.69, 9.17) is 0 Å². The van der Waals surface area contributed by atoms with Crippen LogP contribution in [0.15, 0.2) is 51.8 Å². The zero-order valence-corrected chi connectivity index (χ0v) is 13.5. The summed E-state index contributed by atoms with van der Waals surface area (Å²) in [7, 11) is -8.67. The maximum absolute atomic E-state index is 12.9. The highest BCUT2D eigenvalue weighted by molar-refractivity contribution is 9.10. The predicted octanol–water partition coefficient (Wildman–Crippen LogP) is 6.86. The fraction of sp³-hybridized carbons (Fsp3) is 0.0769. The summed E-state index contributed by atoms with van der Waals surface area (Å²) in [6, 6.07) is 8.35. The molecule has 0 saturated carbocycles. The number of nitrogens with one attached hydrogen (secondary N) is 1. The fourth-order valence-electron chi connectivity index (χ4n) is 1.68. The molecule has 0 aliphatic rings. The smallest absolute Gasteiger partial charge is 0.310 e. The van der Waals surface area contributed by atoms with Crippen LogP contribution in [0.4, 0.5) is 30.8 Å². The standard InChI is InChI=1S/C13H11BrF5NOS/c1-21-12-6-11(20-10-4-2-9(14)3-5-10)7-13(8-12)22(15,16,17,18)19/h2-8,20H,1H3. The minimum absolute atomic E-state index is 0.148. The molecule has 0 amide bonds. The third-order valence-electron chi connectivity index (χ3n) is 2.69. The van der Waals surface area contributed by atoms with Crippen molar-refractivity contribution >= 4 is 37.5 Å². The molecule has 0 bridgehead atoms. The number of ether oxygens (including phenoxy) is 1. The van der Waals surface area contributed by atoms with Gasteiger partial charge in [0, 0.05) is 28.0 Å². The summed E-state index contributed by atoms with van der Waals surface area (Å²) in [4.78, 5) is -2.00. The molecule has 2 nitrogen and oxygen atoms in total. The summed E-state index contributed by atoms with van der Waals surface area (Å²) >= 11 is 3.21. The van der Waals surface area contributed by atoms with E-state index in [1.807, 2.05) is 0 Å². The lowest BCUT2D eigenvalue weighted by Gasteiger charge is -2.40. The van der Waals surface area contributed by atoms with Crippen LogP contribution in [0.25, 0.3) is 0 Å². The largest absolute Gasteiger partial charge is 0.497 e. The van der Waals surface area contributed by atoms with Gasteiger partial charge in [0.2, 0.25) is 0 Å². The van der Waals surface area contributed by atoms with E-state index in [1.165, 1.54) is 6.07 Å². The highest BCUT2D eigenvalue weighted by atomic mass is 79.9. The first-order valence-electron chi connectivity index (χ1n) is 5.83. The Bertz CT molecular complexity index is 703. The molecule has 0 heterocycles. The minimum Gasteiger partial charge on any atom is -0.497 e. The van der Waals surface area contributed by atoms with Gasteiger partial charge < -0.3 is 10.1 Å². The second-order valence-corrected chi connectivity index (χ2v) is 7.82. The van der Waals surface area contributed by atoms with E-state index in [9.17, 15) is 19.4 Å². The highest BCUT2D eigenvalue weighted by Gasteiger charge is 2.65. The van der Waals surface area contributed by atoms with Gasteiger partial charge in [0.15, 0.2) is 0 Å². The Morgan fingerprint density at radius 3 is 2.00 bits per heavy atom. The van der Waals surface area contributed by atoms with Crippen molar-refractivity contribution in [2.24, 2.45) is 0 Å². The molecule has 0 aromatic heterocycles. The van der Waals surface area contributed by atoms with Crippen molar-refractivity contribution in [3.05, 3.63) is 46.9 Å². The topological polar surface area (TPSA) is 21.3 Å². The molecule has 0 unspecified atom stereocenters. The van der Waals surface area contributed by atoms with Crippen molar-refractivity contribution in [1.82, 2.24) is 0 Å². The lowest BCUT2D eigenvalue weighted by atomic mass is 10.2. The lowest BCUT2D eigenvalue weighted by Crippen LogP contribution is -2.07. The van der Waals surface area contributed by atoms with Gasteiger partial charge in [-0.05, 0) is 30.3 Å². The molecule has 0 atom stereocenters. The van der Waals surface area contributed by atoms with Crippen molar-refractivity contribution in [2.75, 3.05) is 12.4 Å². The Balaban J connectivity index is 2.47. The van der Waals surface area contributed by atoms with Gasteiger partial charge in [-0.15, -0.1) is 0 Å². The molecule has 2 aromatic carbocycles. The van der Waals surface area contributed by atoms with Crippen LogP contribution in [0.5, 0.6) is 5.75 Å². The third-order valence-corrected chi connectivity index (χ3v) is 4.35. The van der Waals surface area contributed by atoms with E-state index in [-0.39, 0.29) is 17.5 Å². The number of hydrogen-bond acceptors (Lipinski definition) is 2. The summed E-state index contributed by atoms with van der Waals surface area (Å²) in [5, 5.41) is 2.64. The number of rotatable bonds is 4. The summed E-state index contributed by atoms with van der Waals surface area (Å²) in [5.74, 6) is -0.314. The quantitative estimate of drug-likeness (QED) is 0.563. The normalized spacial score (nSPS) is 14.9. The van der Waals surface area contributed by atoms with Crippen LogP contribution in [-0.4, -0.2) is 7.11 Å². The van der Waals surface area contributed by atoms with Crippen LogP contribution < -0.4 is 10.1 Å². The van der Waals surface area contributed by atoms with E-state index >= 15 is 0 Å². The average molecular weight is 404 g/mol. The Morgan fingerprint density at radius 2 is 1.50 bits per heavy atom. The maximum Gasteiger partial charge on any atom is 0.310 e. The molecular weight excluding hydrogens is 393 g/mol. The summed E-state index contributed by atoms with van der Waals surface area (Å²) in [6.07, 6.45) is 0. The summed E-state index contributed by atoms with van der Waals surface area (Å²) in [6.45, 7) is 0. The van der Waals surface area contributed by atoms with Gasteiger partial charge in [-0.25, -0.2) is 0 Å². The summed E-state index contributed by atoms with van der Waals surface area (Å²) < 4.78 is 70.2. The minimum atomic E-state index is -9.78. The van der Waals surface area contributed by atoms with Crippen molar-refractivity contribution in [1.29, 1.82) is 0 Å². The fourth-order valence-corrected chi connectivity index (χ4v) is 2.64. The molecule has 122 valence electrons. The first kappa shape index (κ1) is 16.9. The van der Waals surface area contributed by atoms with Crippen molar-refractivity contribution in [3.8, 4) is 5.75 Å². The van der Waals surface area contributed by atoms with Gasteiger partial charge in [0.25, 0.3) is 0 Å². The number of methoxy groups -OCH3 is 1. The van der Waals surface area contributed by atoms with Crippen LogP contribution >= 0.6 is 26.2 Å². The van der Waals surface area contributed by atoms with Crippen molar-refractivity contribution in [2.45, 2.75) is 4.90 Å². The molecule has 1 N–H and O–H groups in total. The molecule has 9 heteroatoms. The first-order chi connectivity index (χ1) is 9.87. The maximum atomic E-state index is 12.9. The molecule has 0 aliphatic carbocycles. The SMILES string of the molecule is COc1cc(Nc2ccc(Br)cc2)cc(S(F)(F)(F)(F)F)c1. The van der Waals surface area contributed by atoms with Gasteiger partial charge in [-0.2, -0.15) is 0 Å². The second-order valence-electron chi connectivity index (χ2n) is 4.50. The van der Waals surface area contributed by atoms with Gasteiger partial charge in [0.05, 0.1) is 7.11 Å². The highest BCUT2D eigenvalue weighted by Crippen LogP contribution is 3.02. The Hall–Kier alpha value is -1.48. The molecule has 2 rings (SSSR count). The van der Waals surface area contributed by atoms with Crippen molar-refractivity contribution in [3.63, 3.8) is 0 Å². The molecule has 2 aromatic rings. The van der Waals surface area contributed by atoms with Gasteiger partial charge in [-0.1, -0.05) is 35.4 Å². The molecule has 0 radical (unpaired) electrons. The van der Waals surface area contributed by atoms with E-state index in [1.54, 1.807) is 24.3 Å². The predicted molar refractivity (Wildman–Crippen MR) is 81.8 cm³/mol. The van der Waals surface area contributed by atoms with Crippen LogP contribution in [0, 0.1) is 0 Å². The number of benzene rings is 2. The zero-order chi connectivity index (χ0) is 16.7. The van der Waals surface area contributed by atoms with Crippen LogP contribution in [0.1, 0.15) is 0 Å². The van der Waals surface area contributed by atoms with Crippen LogP contribution in [0.3, 0.4) is 0 Å². The first-order valence-corrected chi connectivity index (χ1v) is 8.57. The average Bonchev–Trinajstić information content (AvgIpc) is 2.38. The monoisotopic (exact) mass is 403 g/mol. The third kappa shape index (κ3) is 4.26. The summed E-state index contributed by atoms with van der Waals surface area (Å²) in [5.41, 5.74) is 0.300. The molecule has 0 spiro atoms. The Kier molecular flexibility index (Phi) is 3.65. The molecule has 0 saturated heterocycles. The Morgan fingerprint density at radius 1 is 0.909 bits per heavy atom. The van der Waals surface area contributed by atoms with E-state index < -0.39 is 15.1 Å².